The van der Waals surface area contributed by atoms with Crippen LogP contribution in [0.25, 0.3) is 11.3 Å². The van der Waals surface area contributed by atoms with Gasteiger partial charge in [-0.2, -0.15) is 5.10 Å². The number of thiazole rings is 1. The van der Waals surface area contributed by atoms with Crippen LogP contribution in [0, 0.1) is 0 Å². The van der Waals surface area contributed by atoms with Gasteiger partial charge in [-0.1, -0.05) is 41.9 Å². The van der Waals surface area contributed by atoms with Crippen LogP contribution in [0.2, 0.25) is 5.02 Å². The molecule has 0 aliphatic rings. The Hall–Kier alpha value is -3.68. The van der Waals surface area contributed by atoms with Crippen molar-refractivity contribution in [1.29, 1.82) is 0 Å². The fourth-order valence-corrected chi connectivity index (χ4v) is 3.73. The summed E-state index contributed by atoms with van der Waals surface area (Å²) in [5.41, 5.74) is 6.06. The number of carbonyl (C=O) groups excluding carboxylic acids is 1. The predicted octanol–water partition coefficient (Wildman–Crippen LogP) is 6.53. The highest BCUT2D eigenvalue weighted by Crippen LogP contribution is 2.29. The van der Waals surface area contributed by atoms with E-state index in [1.54, 1.807) is 48.7 Å². The zero-order valence-corrected chi connectivity index (χ0v) is 19.3. The summed E-state index contributed by atoms with van der Waals surface area (Å²) in [5.74, 6) is 0.285. The molecule has 1 aromatic heterocycles. The van der Waals surface area contributed by atoms with Crippen LogP contribution < -0.4 is 14.9 Å². The Kier molecular flexibility index (Phi) is 7.34. The molecule has 0 aliphatic carbocycles. The van der Waals surface area contributed by atoms with Gasteiger partial charge in [-0.25, -0.2) is 9.78 Å². The van der Waals surface area contributed by atoms with E-state index < -0.39 is 5.97 Å². The lowest BCUT2D eigenvalue weighted by atomic mass is 10.2. The average Bonchev–Trinajstić information content (AvgIpc) is 3.31. The Morgan fingerprint density at radius 3 is 2.64 bits per heavy atom. The molecule has 0 unspecified atom stereocenters. The molecular formula is C25H20ClN3O3S. The van der Waals surface area contributed by atoms with Gasteiger partial charge in [-0.3, -0.25) is 5.43 Å². The first-order chi connectivity index (χ1) is 16.1. The summed E-state index contributed by atoms with van der Waals surface area (Å²) in [6.07, 6.45) is 1.65. The summed E-state index contributed by atoms with van der Waals surface area (Å²) in [7, 11) is 0. The molecule has 0 radical (unpaired) electrons. The minimum absolute atomic E-state index is 0.328. The van der Waals surface area contributed by atoms with Crippen LogP contribution in [0.4, 0.5) is 5.13 Å². The largest absolute Gasteiger partial charge is 0.490 e. The Labute approximate surface area is 200 Å². The first-order valence-corrected chi connectivity index (χ1v) is 11.4. The van der Waals surface area contributed by atoms with Gasteiger partial charge in [0.25, 0.3) is 0 Å². The maximum Gasteiger partial charge on any atom is 0.343 e. The number of nitrogens with one attached hydrogen (secondary N) is 1. The van der Waals surface area contributed by atoms with Gasteiger partial charge >= 0.3 is 5.97 Å². The van der Waals surface area contributed by atoms with E-state index in [4.69, 9.17) is 21.1 Å². The number of anilines is 1. The van der Waals surface area contributed by atoms with Crippen molar-refractivity contribution in [2.45, 2.75) is 6.92 Å². The number of hydrogen-bond donors (Lipinski definition) is 1. The van der Waals surface area contributed by atoms with E-state index in [2.05, 4.69) is 15.5 Å². The molecular weight excluding hydrogens is 458 g/mol. The van der Waals surface area contributed by atoms with E-state index in [1.165, 1.54) is 11.3 Å². The number of benzene rings is 3. The van der Waals surface area contributed by atoms with Crippen molar-refractivity contribution < 1.29 is 14.3 Å². The fraction of sp³-hybridized carbons (Fsp3) is 0.0800. The van der Waals surface area contributed by atoms with E-state index in [0.29, 0.717) is 33.8 Å². The third-order valence-electron chi connectivity index (χ3n) is 4.50. The van der Waals surface area contributed by atoms with Crippen molar-refractivity contribution in [2.75, 3.05) is 12.0 Å². The molecule has 4 aromatic rings. The minimum atomic E-state index is -0.492. The van der Waals surface area contributed by atoms with Gasteiger partial charge in [0.1, 0.15) is 0 Å². The predicted molar refractivity (Wildman–Crippen MR) is 133 cm³/mol. The topological polar surface area (TPSA) is 72.8 Å². The number of aromatic nitrogens is 1. The van der Waals surface area contributed by atoms with Crippen LogP contribution in [-0.2, 0) is 0 Å². The van der Waals surface area contributed by atoms with E-state index >= 15 is 0 Å². The smallest absolute Gasteiger partial charge is 0.343 e. The average molecular weight is 478 g/mol. The lowest BCUT2D eigenvalue weighted by Gasteiger charge is -2.11. The second-order valence-corrected chi connectivity index (χ2v) is 8.10. The summed E-state index contributed by atoms with van der Waals surface area (Å²) in [6, 6.07) is 21.7. The molecule has 166 valence electrons. The van der Waals surface area contributed by atoms with Crippen molar-refractivity contribution in [3.05, 3.63) is 94.3 Å². The second kappa shape index (κ2) is 10.8. The number of hydrogen-bond acceptors (Lipinski definition) is 7. The van der Waals surface area contributed by atoms with E-state index in [-0.39, 0.29) is 0 Å². The molecule has 8 heteroatoms. The third-order valence-corrected chi connectivity index (χ3v) is 5.50. The maximum atomic E-state index is 12.4. The zero-order valence-electron chi connectivity index (χ0n) is 17.7. The fourth-order valence-electron chi connectivity index (χ4n) is 2.93. The van der Waals surface area contributed by atoms with Gasteiger partial charge in [-0.05, 0) is 55.0 Å². The van der Waals surface area contributed by atoms with Crippen molar-refractivity contribution in [3.8, 4) is 22.8 Å². The second-order valence-electron chi connectivity index (χ2n) is 6.81. The van der Waals surface area contributed by atoms with Crippen LogP contribution in [0.5, 0.6) is 11.5 Å². The molecule has 0 atom stereocenters. The van der Waals surface area contributed by atoms with Crippen LogP contribution in [0.15, 0.2) is 83.3 Å². The standard InChI is InChI=1S/C25H20ClN3O3S/c1-2-31-23-14-17(8-13-22(23)32-24(30)19-9-11-20(26)12-10-19)15-27-29-25-28-21(16-33-25)18-6-4-3-5-7-18/h3-16H,2H2,1H3,(H,28,29)/b27-15-. The maximum absolute atomic E-state index is 12.4. The summed E-state index contributed by atoms with van der Waals surface area (Å²) in [6.45, 7) is 2.28. The Balaban J connectivity index is 1.43. The molecule has 1 N–H and O–H groups in total. The lowest BCUT2D eigenvalue weighted by molar-refractivity contribution is 0.0728. The molecule has 3 aromatic carbocycles. The molecule has 0 amide bonds. The minimum Gasteiger partial charge on any atom is -0.490 e. The molecule has 6 nitrogen and oxygen atoms in total. The van der Waals surface area contributed by atoms with Gasteiger partial charge < -0.3 is 9.47 Å². The molecule has 0 fully saturated rings. The van der Waals surface area contributed by atoms with Crippen molar-refractivity contribution in [1.82, 2.24) is 4.98 Å². The SMILES string of the molecule is CCOc1cc(/C=N\Nc2nc(-c3ccccc3)cs2)ccc1OC(=O)c1ccc(Cl)cc1. The molecule has 1 heterocycles. The number of esters is 1. The summed E-state index contributed by atoms with van der Waals surface area (Å²) >= 11 is 7.35. The van der Waals surface area contributed by atoms with Crippen LogP contribution in [-0.4, -0.2) is 23.8 Å². The molecule has 0 aliphatic heterocycles. The Bertz CT molecular complexity index is 1260. The number of nitrogens with zero attached hydrogens (tertiary/aromatic N) is 2. The van der Waals surface area contributed by atoms with E-state index in [0.717, 1.165) is 16.8 Å². The van der Waals surface area contributed by atoms with Gasteiger partial charge in [0.2, 0.25) is 5.13 Å². The molecule has 0 saturated heterocycles. The first kappa shape index (κ1) is 22.5. The van der Waals surface area contributed by atoms with Crippen molar-refractivity contribution >= 4 is 40.3 Å². The Morgan fingerprint density at radius 1 is 1.09 bits per heavy atom. The van der Waals surface area contributed by atoms with E-state index in [9.17, 15) is 4.79 Å². The zero-order chi connectivity index (χ0) is 23.0. The normalized spacial score (nSPS) is 10.8. The summed E-state index contributed by atoms with van der Waals surface area (Å²) in [4.78, 5) is 17.0. The summed E-state index contributed by atoms with van der Waals surface area (Å²) < 4.78 is 11.2. The van der Waals surface area contributed by atoms with Crippen LogP contribution in [0.3, 0.4) is 0 Å². The number of halogens is 1. The molecule has 0 saturated carbocycles. The van der Waals surface area contributed by atoms with Crippen molar-refractivity contribution in [3.63, 3.8) is 0 Å². The summed E-state index contributed by atoms with van der Waals surface area (Å²) in [5, 5.41) is 7.47. The molecule has 4 rings (SSSR count). The van der Waals surface area contributed by atoms with Gasteiger partial charge in [0, 0.05) is 16.0 Å². The van der Waals surface area contributed by atoms with Gasteiger partial charge in [-0.15, -0.1) is 11.3 Å². The highest BCUT2D eigenvalue weighted by Gasteiger charge is 2.13. The van der Waals surface area contributed by atoms with E-state index in [1.807, 2.05) is 42.6 Å². The molecule has 33 heavy (non-hydrogen) atoms. The number of hydrazone groups is 1. The van der Waals surface area contributed by atoms with Crippen molar-refractivity contribution in [2.24, 2.45) is 5.10 Å². The van der Waals surface area contributed by atoms with Crippen LogP contribution >= 0.6 is 22.9 Å². The molecule has 0 spiro atoms. The highest BCUT2D eigenvalue weighted by atomic mass is 35.5. The highest BCUT2D eigenvalue weighted by molar-refractivity contribution is 7.14. The molecule has 0 bridgehead atoms. The third kappa shape index (κ3) is 5.97. The quantitative estimate of drug-likeness (QED) is 0.135. The van der Waals surface area contributed by atoms with Crippen LogP contribution in [0.1, 0.15) is 22.8 Å². The monoisotopic (exact) mass is 477 g/mol. The Morgan fingerprint density at radius 2 is 1.88 bits per heavy atom. The van der Waals surface area contributed by atoms with Gasteiger partial charge in [0.05, 0.1) is 24.1 Å². The number of rotatable bonds is 8. The lowest BCUT2D eigenvalue weighted by Crippen LogP contribution is -2.09. The number of carbonyl (C=O) groups is 1. The first-order valence-electron chi connectivity index (χ1n) is 10.2. The van der Waals surface area contributed by atoms with Gasteiger partial charge in [0.15, 0.2) is 11.5 Å². The number of ether oxygens (including phenoxy) is 2.